The largest absolute Gasteiger partial charge is 0.494 e. The van der Waals surface area contributed by atoms with Crippen LogP contribution in [0.1, 0.15) is 19.8 Å². The third-order valence-corrected chi connectivity index (χ3v) is 2.99. The lowest BCUT2D eigenvalue weighted by atomic mass is 10.1. The van der Waals surface area contributed by atoms with Gasteiger partial charge in [-0.3, -0.25) is 0 Å². The van der Waals surface area contributed by atoms with Crippen molar-refractivity contribution < 1.29 is 4.74 Å². The quantitative estimate of drug-likeness (QED) is 0.702. The Morgan fingerprint density at radius 1 is 1.40 bits per heavy atom. The van der Waals surface area contributed by atoms with Gasteiger partial charge in [0, 0.05) is 10.4 Å². The van der Waals surface area contributed by atoms with Gasteiger partial charge in [-0.1, -0.05) is 28.9 Å². The zero-order valence-electron chi connectivity index (χ0n) is 8.88. The van der Waals surface area contributed by atoms with Crippen LogP contribution in [0.2, 0.25) is 0 Å². The number of hydrogen-bond donors (Lipinski definition) is 0. The van der Waals surface area contributed by atoms with E-state index >= 15 is 0 Å². The van der Waals surface area contributed by atoms with Crippen LogP contribution in [0.15, 0.2) is 28.7 Å². The van der Waals surface area contributed by atoms with Crippen LogP contribution in [-0.2, 0) is 0 Å². The van der Waals surface area contributed by atoms with E-state index in [1.165, 1.54) is 0 Å². The van der Waals surface area contributed by atoms with Gasteiger partial charge in [0.1, 0.15) is 5.75 Å². The summed E-state index contributed by atoms with van der Waals surface area (Å²) < 4.78 is 6.68. The fourth-order valence-corrected chi connectivity index (χ4v) is 2.02. The molecule has 15 heavy (non-hydrogen) atoms. The van der Waals surface area contributed by atoms with Crippen molar-refractivity contribution in [3.63, 3.8) is 0 Å². The molecule has 1 unspecified atom stereocenters. The molecular formula is C12H16BrClO. The first-order chi connectivity index (χ1) is 7.22. The van der Waals surface area contributed by atoms with Gasteiger partial charge in [0.05, 0.1) is 6.61 Å². The van der Waals surface area contributed by atoms with Gasteiger partial charge in [0.15, 0.2) is 0 Å². The molecule has 0 aliphatic heterocycles. The van der Waals surface area contributed by atoms with E-state index < -0.39 is 0 Å². The van der Waals surface area contributed by atoms with E-state index in [-0.39, 0.29) is 0 Å². The van der Waals surface area contributed by atoms with Crippen molar-refractivity contribution in [3.05, 3.63) is 28.7 Å². The van der Waals surface area contributed by atoms with Crippen molar-refractivity contribution in [1.82, 2.24) is 0 Å². The summed E-state index contributed by atoms with van der Waals surface area (Å²) in [6.07, 6.45) is 2.11. The molecule has 1 nitrogen and oxygen atoms in total. The van der Waals surface area contributed by atoms with Crippen LogP contribution >= 0.6 is 27.5 Å². The predicted octanol–water partition coefficient (Wildman–Crippen LogP) is 4.48. The Hall–Kier alpha value is -0.210. The molecule has 84 valence electrons. The highest BCUT2D eigenvalue weighted by molar-refractivity contribution is 9.10. The van der Waals surface area contributed by atoms with Gasteiger partial charge in [0.25, 0.3) is 0 Å². The highest BCUT2D eigenvalue weighted by Crippen LogP contribution is 2.18. The first-order valence-corrected chi connectivity index (χ1v) is 6.49. The van der Waals surface area contributed by atoms with Crippen molar-refractivity contribution in [2.75, 3.05) is 12.5 Å². The lowest BCUT2D eigenvalue weighted by Crippen LogP contribution is -2.04. The number of alkyl halides is 1. The van der Waals surface area contributed by atoms with Crippen LogP contribution in [-0.4, -0.2) is 12.5 Å². The van der Waals surface area contributed by atoms with Crippen LogP contribution in [0, 0.1) is 5.92 Å². The Labute approximate surface area is 105 Å². The molecule has 1 rings (SSSR count). The standard InChI is InChI=1S/C12H16BrClO/c1-10(5-7-14)6-8-15-12-4-2-3-11(13)9-12/h2-4,9-10H,5-8H2,1H3. The molecule has 0 fully saturated rings. The Morgan fingerprint density at radius 3 is 2.87 bits per heavy atom. The molecule has 0 N–H and O–H groups in total. The highest BCUT2D eigenvalue weighted by atomic mass is 79.9. The number of halogens is 2. The normalized spacial score (nSPS) is 12.5. The van der Waals surface area contributed by atoms with Crippen LogP contribution in [0.3, 0.4) is 0 Å². The molecule has 1 atom stereocenters. The maximum Gasteiger partial charge on any atom is 0.120 e. The fourth-order valence-electron chi connectivity index (χ4n) is 1.27. The zero-order chi connectivity index (χ0) is 11.1. The minimum Gasteiger partial charge on any atom is -0.494 e. The van der Waals surface area contributed by atoms with E-state index in [0.29, 0.717) is 5.92 Å². The Kier molecular flexibility index (Phi) is 6.11. The summed E-state index contributed by atoms with van der Waals surface area (Å²) in [5, 5.41) is 0. The van der Waals surface area contributed by atoms with Gasteiger partial charge >= 0.3 is 0 Å². The highest BCUT2D eigenvalue weighted by Gasteiger charge is 2.01. The van der Waals surface area contributed by atoms with E-state index in [0.717, 1.165) is 35.6 Å². The summed E-state index contributed by atoms with van der Waals surface area (Å²) >= 11 is 9.08. The van der Waals surface area contributed by atoms with E-state index in [9.17, 15) is 0 Å². The second-order valence-electron chi connectivity index (χ2n) is 3.68. The summed E-state index contributed by atoms with van der Waals surface area (Å²) in [6.45, 7) is 2.96. The maximum absolute atomic E-state index is 5.67. The molecule has 0 saturated carbocycles. The first kappa shape index (κ1) is 12.9. The van der Waals surface area contributed by atoms with Crippen LogP contribution in [0.5, 0.6) is 5.75 Å². The monoisotopic (exact) mass is 290 g/mol. The molecule has 1 aromatic carbocycles. The summed E-state index contributed by atoms with van der Waals surface area (Å²) in [4.78, 5) is 0. The molecule has 0 saturated heterocycles. The van der Waals surface area contributed by atoms with E-state index in [1.54, 1.807) is 0 Å². The third-order valence-electron chi connectivity index (χ3n) is 2.28. The molecule has 0 heterocycles. The summed E-state index contributed by atoms with van der Waals surface area (Å²) in [6, 6.07) is 7.91. The lowest BCUT2D eigenvalue weighted by Gasteiger charge is -2.10. The molecule has 0 aliphatic rings. The van der Waals surface area contributed by atoms with Crippen LogP contribution < -0.4 is 4.74 Å². The number of benzene rings is 1. The molecule has 3 heteroatoms. The summed E-state index contributed by atoms with van der Waals surface area (Å²) in [5.74, 6) is 2.29. The van der Waals surface area contributed by atoms with Crippen molar-refractivity contribution >= 4 is 27.5 Å². The van der Waals surface area contributed by atoms with Crippen LogP contribution in [0.4, 0.5) is 0 Å². The van der Waals surface area contributed by atoms with E-state index in [4.69, 9.17) is 16.3 Å². The van der Waals surface area contributed by atoms with Gasteiger partial charge in [-0.15, -0.1) is 11.6 Å². The topological polar surface area (TPSA) is 9.23 Å². The molecule has 1 aromatic rings. The number of rotatable bonds is 6. The zero-order valence-corrected chi connectivity index (χ0v) is 11.2. The molecule has 0 aliphatic carbocycles. The minimum atomic E-state index is 0.634. The molecule has 0 spiro atoms. The number of ether oxygens (including phenoxy) is 1. The average molecular weight is 292 g/mol. The Bertz CT molecular complexity index is 291. The smallest absolute Gasteiger partial charge is 0.120 e. The second-order valence-corrected chi connectivity index (χ2v) is 4.97. The van der Waals surface area contributed by atoms with Gasteiger partial charge in [0.2, 0.25) is 0 Å². The second kappa shape index (κ2) is 7.13. The van der Waals surface area contributed by atoms with Crippen LogP contribution in [0.25, 0.3) is 0 Å². The van der Waals surface area contributed by atoms with Crippen molar-refractivity contribution in [3.8, 4) is 5.75 Å². The van der Waals surface area contributed by atoms with E-state index in [2.05, 4.69) is 22.9 Å². The molecule has 0 radical (unpaired) electrons. The summed E-state index contributed by atoms with van der Waals surface area (Å²) in [7, 11) is 0. The first-order valence-electron chi connectivity index (χ1n) is 5.16. The van der Waals surface area contributed by atoms with Crippen molar-refractivity contribution in [1.29, 1.82) is 0 Å². The average Bonchev–Trinajstić information content (AvgIpc) is 2.18. The van der Waals surface area contributed by atoms with E-state index in [1.807, 2.05) is 24.3 Å². The maximum atomic E-state index is 5.67. The third kappa shape index (κ3) is 5.43. The van der Waals surface area contributed by atoms with Gasteiger partial charge in [-0.05, 0) is 37.0 Å². The van der Waals surface area contributed by atoms with Gasteiger partial charge in [-0.2, -0.15) is 0 Å². The SMILES string of the molecule is CC(CCCl)CCOc1cccc(Br)c1. The lowest BCUT2D eigenvalue weighted by molar-refractivity contribution is 0.282. The number of hydrogen-bond acceptors (Lipinski definition) is 1. The Balaban J connectivity index is 2.25. The van der Waals surface area contributed by atoms with Gasteiger partial charge in [-0.25, -0.2) is 0 Å². The molecule has 0 bridgehead atoms. The molecule has 0 amide bonds. The molecular weight excluding hydrogens is 275 g/mol. The fraction of sp³-hybridized carbons (Fsp3) is 0.500. The predicted molar refractivity (Wildman–Crippen MR) is 68.8 cm³/mol. The minimum absolute atomic E-state index is 0.634. The van der Waals surface area contributed by atoms with Gasteiger partial charge < -0.3 is 4.74 Å². The van der Waals surface area contributed by atoms with Crippen molar-refractivity contribution in [2.24, 2.45) is 5.92 Å². The Morgan fingerprint density at radius 2 is 2.20 bits per heavy atom. The molecule has 0 aromatic heterocycles. The summed E-state index contributed by atoms with van der Waals surface area (Å²) in [5.41, 5.74) is 0. The van der Waals surface area contributed by atoms with Crippen molar-refractivity contribution in [2.45, 2.75) is 19.8 Å².